The van der Waals surface area contributed by atoms with E-state index in [9.17, 15) is 9.59 Å². The first-order valence-electron chi connectivity index (χ1n) is 8.62. The number of rotatable bonds is 6. The van der Waals surface area contributed by atoms with Crippen LogP contribution in [0.3, 0.4) is 0 Å². The number of benzene rings is 2. The predicted octanol–water partition coefficient (Wildman–Crippen LogP) is 2.58. The second-order valence-electron chi connectivity index (χ2n) is 5.86. The number of hydrogen-bond donors (Lipinski definition) is 1. The van der Waals surface area contributed by atoms with E-state index < -0.39 is 5.91 Å². The van der Waals surface area contributed by atoms with E-state index in [1.807, 2.05) is 25.1 Å². The number of aryl methyl sites for hydroxylation is 1. The van der Waals surface area contributed by atoms with Gasteiger partial charge in [0.05, 0.1) is 18.7 Å². The van der Waals surface area contributed by atoms with Gasteiger partial charge in [0.1, 0.15) is 5.75 Å². The monoisotopic (exact) mass is 364 g/mol. The van der Waals surface area contributed by atoms with Gasteiger partial charge in [-0.05, 0) is 24.6 Å². The van der Waals surface area contributed by atoms with Crippen molar-refractivity contribution in [3.05, 3.63) is 70.1 Å². The van der Waals surface area contributed by atoms with Gasteiger partial charge in [0.25, 0.3) is 11.5 Å². The van der Waals surface area contributed by atoms with Crippen molar-refractivity contribution in [1.29, 1.82) is 0 Å². The molecule has 27 heavy (non-hydrogen) atoms. The Labute approximate surface area is 156 Å². The minimum absolute atomic E-state index is 0.163. The van der Waals surface area contributed by atoms with Crippen LogP contribution >= 0.6 is 0 Å². The van der Waals surface area contributed by atoms with Gasteiger partial charge in [0, 0.05) is 17.5 Å². The smallest absolute Gasteiger partial charge is 0.292 e. The second kappa shape index (κ2) is 8.27. The Morgan fingerprint density at radius 1 is 1.19 bits per heavy atom. The molecule has 0 fully saturated rings. The van der Waals surface area contributed by atoms with E-state index in [2.05, 4.69) is 15.6 Å². The molecular formula is C20H20N4O3. The van der Waals surface area contributed by atoms with E-state index in [1.54, 1.807) is 37.4 Å². The summed E-state index contributed by atoms with van der Waals surface area (Å²) in [6.45, 7) is 2.38. The molecule has 1 aromatic heterocycles. The summed E-state index contributed by atoms with van der Waals surface area (Å²) in [6, 6.07) is 14.3. The van der Waals surface area contributed by atoms with Gasteiger partial charge < -0.3 is 4.74 Å². The Morgan fingerprint density at radius 2 is 1.89 bits per heavy atom. The highest BCUT2D eigenvalue weighted by molar-refractivity contribution is 6.05. The minimum Gasteiger partial charge on any atom is -0.496 e. The standard InChI is InChI=1S/C20H20N4O3/c1-3-12-24-20(26)16-10-6-5-9-15(16)18(23-24)19(25)22-21-13-14-8-4-7-11-17(14)27-2/h4-11,13H,3,12H2,1-2H3,(H,22,25)/b21-13-. The van der Waals surface area contributed by atoms with Crippen LogP contribution in [0.5, 0.6) is 5.75 Å². The van der Waals surface area contributed by atoms with E-state index >= 15 is 0 Å². The molecule has 1 amide bonds. The Bertz CT molecular complexity index is 1060. The molecule has 1 heterocycles. The molecular weight excluding hydrogens is 344 g/mol. The average molecular weight is 364 g/mol. The summed E-state index contributed by atoms with van der Waals surface area (Å²) in [7, 11) is 1.57. The number of methoxy groups -OCH3 is 1. The minimum atomic E-state index is -0.484. The van der Waals surface area contributed by atoms with Crippen LogP contribution in [0.15, 0.2) is 58.4 Å². The van der Waals surface area contributed by atoms with Crippen LogP contribution in [0, 0.1) is 0 Å². The zero-order valence-electron chi connectivity index (χ0n) is 15.2. The lowest BCUT2D eigenvalue weighted by Crippen LogP contribution is -2.29. The molecule has 0 atom stereocenters. The van der Waals surface area contributed by atoms with Crippen molar-refractivity contribution in [2.75, 3.05) is 7.11 Å². The number of amides is 1. The topological polar surface area (TPSA) is 85.6 Å². The molecule has 1 N–H and O–H groups in total. The molecule has 0 aliphatic heterocycles. The Morgan fingerprint density at radius 3 is 2.63 bits per heavy atom. The second-order valence-corrected chi connectivity index (χ2v) is 5.86. The number of para-hydroxylation sites is 1. The van der Waals surface area contributed by atoms with Gasteiger partial charge in [-0.2, -0.15) is 10.2 Å². The largest absolute Gasteiger partial charge is 0.496 e. The van der Waals surface area contributed by atoms with Crippen LogP contribution < -0.4 is 15.7 Å². The van der Waals surface area contributed by atoms with Crippen molar-refractivity contribution in [3.63, 3.8) is 0 Å². The molecule has 0 spiro atoms. The van der Waals surface area contributed by atoms with E-state index in [1.165, 1.54) is 10.9 Å². The molecule has 7 nitrogen and oxygen atoms in total. The predicted molar refractivity (Wildman–Crippen MR) is 104 cm³/mol. The first kappa shape index (κ1) is 18.3. The fourth-order valence-electron chi connectivity index (χ4n) is 2.75. The van der Waals surface area contributed by atoms with Gasteiger partial charge in [-0.1, -0.05) is 37.3 Å². The molecule has 0 saturated carbocycles. The van der Waals surface area contributed by atoms with Gasteiger partial charge >= 0.3 is 0 Å². The van der Waals surface area contributed by atoms with Crippen LogP contribution in [-0.2, 0) is 6.54 Å². The van der Waals surface area contributed by atoms with Gasteiger partial charge in [-0.15, -0.1) is 0 Å². The van der Waals surface area contributed by atoms with Crippen LogP contribution in [0.1, 0.15) is 29.4 Å². The first-order valence-corrected chi connectivity index (χ1v) is 8.62. The molecule has 0 saturated heterocycles. The van der Waals surface area contributed by atoms with Crippen LogP contribution in [0.2, 0.25) is 0 Å². The highest BCUT2D eigenvalue weighted by atomic mass is 16.5. The summed E-state index contributed by atoms with van der Waals surface area (Å²) in [5, 5.41) is 9.20. The summed E-state index contributed by atoms with van der Waals surface area (Å²) < 4.78 is 6.57. The van der Waals surface area contributed by atoms with Crippen molar-refractivity contribution < 1.29 is 9.53 Å². The molecule has 0 aliphatic rings. The molecule has 0 radical (unpaired) electrons. The van der Waals surface area contributed by atoms with Crippen molar-refractivity contribution >= 4 is 22.9 Å². The average Bonchev–Trinajstić information content (AvgIpc) is 2.70. The van der Waals surface area contributed by atoms with Crippen molar-refractivity contribution in [2.24, 2.45) is 5.10 Å². The molecule has 3 aromatic rings. The van der Waals surface area contributed by atoms with Crippen molar-refractivity contribution in [3.8, 4) is 5.75 Å². The highest BCUT2D eigenvalue weighted by Crippen LogP contribution is 2.15. The van der Waals surface area contributed by atoms with Gasteiger partial charge in [-0.3, -0.25) is 9.59 Å². The third kappa shape index (κ3) is 3.87. The number of nitrogens with one attached hydrogen (secondary N) is 1. The Kier molecular flexibility index (Phi) is 5.61. The summed E-state index contributed by atoms with van der Waals surface area (Å²) in [4.78, 5) is 25.1. The fraction of sp³-hybridized carbons (Fsp3) is 0.200. The van der Waals surface area contributed by atoms with Crippen molar-refractivity contribution in [2.45, 2.75) is 19.9 Å². The molecule has 7 heteroatoms. The summed E-state index contributed by atoms with van der Waals surface area (Å²) in [5.74, 6) is 0.165. The van der Waals surface area contributed by atoms with Gasteiger partial charge in [0.15, 0.2) is 5.69 Å². The zero-order valence-corrected chi connectivity index (χ0v) is 15.2. The fourth-order valence-corrected chi connectivity index (χ4v) is 2.75. The molecule has 0 aliphatic carbocycles. The zero-order chi connectivity index (χ0) is 19.2. The number of fused-ring (bicyclic) bond motifs is 1. The van der Waals surface area contributed by atoms with E-state index in [4.69, 9.17) is 4.74 Å². The molecule has 2 aromatic carbocycles. The molecule has 3 rings (SSSR count). The number of aromatic nitrogens is 2. The normalized spacial score (nSPS) is 11.0. The van der Waals surface area contributed by atoms with Crippen LogP contribution in [0.4, 0.5) is 0 Å². The SMILES string of the molecule is CCCn1nc(C(=O)N/N=C\c2ccccc2OC)c2ccccc2c1=O. The van der Waals surface area contributed by atoms with Crippen LogP contribution in [0.25, 0.3) is 10.8 Å². The van der Waals surface area contributed by atoms with E-state index in [0.29, 0.717) is 23.1 Å². The first-order chi connectivity index (χ1) is 13.2. The number of ether oxygens (including phenoxy) is 1. The third-order valence-corrected chi connectivity index (χ3v) is 4.03. The van der Waals surface area contributed by atoms with E-state index in [-0.39, 0.29) is 11.3 Å². The lowest BCUT2D eigenvalue weighted by molar-refractivity contribution is 0.0949. The Balaban J connectivity index is 1.92. The quantitative estimate of drug-likeness (QED) is 0.538. The lowest BCUT2D eigenvalue weighted by Gasteiger charge is -2.09. The Hall–Kier alpha value is -3.48. The summed E-state index contributed by atoms with van der Waals surface area (Å²) in [6.07, 6.45) is 2.24. The lowest BCUT2D eigenvalue weighted by atomic mass is 10.1. The number of hydrazone groups is 1. The number of hydrogen-bond acceptors (Lipinski definition) is 5. The summed E-state index contributed by atoms with van der Waals surface area (Å²) in [5.41, 5.74) is 3.16. The number of carbonyl (C=O) groups is 1. The van der Waals surface area contributed by atoms with Gasteiger partial charge in [-0.25, -0.2) is 10.1 Å². The number of nitrogens with zero attached hydrogens (tertiary/aromatic N) is 3. The maximum atomic E-state index is 12.6. The maximum Gasteiger partial charge on any atom is 0.292 e. The highest BCUT2D eigenvalue weighted by Gasteiger charge is 2.16. The van der Waals surface area contributed by atoms with Crippen molar-refractivity contribution in [1.82, 2.24) is 15.2 Å². The third-order valence-electron chi connectivity index (χ3n) is 4.03. The molecule has 0 bridgehead atoms. The maximum absolute atomic E-state index is 12.6. The summed E-state index contributed by atoms with van der Waals surface area (Å²) >= 11 is 0. The van der Waals surface area contributed by atoms with E-state index in [0.717, 1.165) is 12.0 Å². The molecule has 0 unspecified atom stereocenters. The van der Waals surface area contributed by atoms with Crippen LogP contribution in [-0.4, -0.2) is 29.0 Å². The number of carbonyl (C=O) groups excluding carboxylic acids is 1. The molecule has 138 valence electrons. The van der Waals surface area contributed by atoms with Gasteiger partial charge in [0.2, 0.25) is 0 Å².